The van der Waals surface area contributed by atoms with Crippen LogP contribution in [0.3, 0.4) is 0 Å². The molecule has 21 heavy (non-hydrogen) atoms. The molecular formula is C17H23N3O. The molecule has 0 aliphatic heterocycles. The van der Waals surface area contributed by atoms with E-state index in [2.05, 4.69) is 52.4 Å². The van der Waals surface area contributed by atoms with Gasteiger partial charge < -0.3 is 4.52 Å². The summed E-state index contributed by atoms with van der Waals surface area (Å²) >= 11 is 0. The van der Waals surface area contributed by atoms with Crippen LogP contribution in [0.4, 0.5) is 0 Å². The van der Waals surface area contributed by atoms with Crippen LogP contribution < -0.4 is 0 Å². The topological polar surface area (TPSA) is 42.2 Å². The minimum absolute atomic E-state index is 0.501. The fourth-order valence-corrected chi connectivity index (χ4v) is 2.96. The quantitative estimate of drug-likeness (QED) is 0.815. The summed E-state index contributed by atoms with van der Waals surface area (Å²) in [4.78, 5) is 6.81. The minimum atomic E-state index is 0.501. The lowest BCUT2D eigenvalue weighted by atomic mass is 10.1. The molecule has 112 valence electrons. The van der Waals surface area contributed by atoms with Crippen molar-refractivity contribution in [3.8, 4) is 0 Å². The molecule has 1 heterocycles. The lowest BCUT2D eigenvalue weighted by Crippen LogP contribution is -2.21. The highest BCUT2D eigenvalue weighted by Gasteiger charge is 2.23. The Morgan fingerprint density at radius 2 is 1.95 bits per heavy atom. The van der Waals surface area contributed by atoms with Crippen LogP contribution in [-0.2, 0) is 13.0 Å². The van der Waals surface area contributed by atoms with Gasteiger partial charge in [0.2, 0.25) is 5.89 Å². The van der Waals surface area contributed by atoms with E-state index in [9.17, 15) is 0 Å². The van der Waals surface area contributed by atoms with E-state index in [-0.39, 0.29) is 0 Å². The molecule has 0 radical (unpaired) electrons. The smallest absolute Gasteiger partial charge is 0.229 e. The Balaban J connectivity index is 1.49. The molecule has 1 aliphatic carbocycles. The highest BCUT2D eigenvalue weighted by molar-refractivity contribution is 5.14. The zero-order valence-electron chi connectivity index (χ0n) is 12.7. The molecule has 1 aromatic heterocycles. The number of hydrogen-bond acceptors (Lipinski definition) is 4. The molecule has 0 spiro atoms. The van der Waals surface area contributed by atoms with E-state index in [0.717, 1.165) is 31.2 Å². The number of hydrogen-bond donors (Lipinski definition) is 0. The number of likely N-dealkylation sites (N-methyl/N-ethyl adjacent to an activating group) is 1. The Bertz CT molecular complexity index is 546. The lowest BCUT2D eigenvalue weighted by molar-refractivity contribution is 0.307. The van der Waals surface area contributed by atoms with E-state index < -0.39 is 0 Å². The molecule has 0 N–H and O–H groups in total. The maximum absolute atomic E-state index is 5.42. The third-order valence-electron chi connectivity index (χ3n) is 4.22. The van der Waals surface area contributed by atoms with Crippen molar-refractivity contribution in [3.05, 3.63) is 47.6 Å². The van der Waals surface area contributed by atoms with E-state index in [4.69, 9.17) is 4.52 Å². The second-order valence-corrected chi connectivity index (χ2v) is 6.00. The molecule has 0 bridgehead atoms. The second kappa shape index (κ2) is 6.85. The summed E-state index contributed by atoms with van der Waals surface area (Å²) in [6, 6.07) is 10.6. The predicted octanol–water partition coefficient (Wildman–Crippen LogP) is 3.40. The average molecular weight is 285 g/mol. The molecule has 1 aromatic carbocycles. The van der Waals surface area contributed by atoms with Gasteiger partial charge in [-0.2, -0.15) is 4.98 Å². The van der Waals surface area contributed by atoms with Gasteiger partial charge in [-0.3, -0.25) is 4.90 Å². The van der Waals surface area contributed by atoms with Gasteiger partial charge in [0.05, 0.1) is 6.54 Å². The Hall–Kier alpha value is -1.68. The third-order valence-corrected chi connectivity index (χ3v) is 4.22. The van der Waals surface area contributed by atoms with Gasteiger partial charge in [-0.15, -0.1) is 0 Å². The van der Waals surface area contributed by atoms with E-state index in [1.807, 2.05) is 0 Å². The predicted molar refractivity (Wildman–Crippen MR) is 82.0 cm³/mol. The number of aromatic nitrogens is 2. The highest BCUT2D eigenvalue weighted by atomic mass is 16.5. The van der Waals surface area contributed by atoms with Crippen molar-refractivity contribution in [1.29, 1.82) is 0 Å². The molecule has 0 saturated heterocycles. The van der Waals surface area contributed by atoms with Crippen molar-refractivity contribution < 1.29 is 4.52 Å². The molecule has 1 aliphatic rings. The molecule has 1 saturated carbocycles. The first-order valence-electron chi connectivity index (χ1n) is 7.86. The Kier molecular flexibility index (Phi) is 4.65. The second-order valence-electron chi connectivity index (χ2n) is 6.00. The van der Waals surface area contributed by atoms with Crippen LogP contribution in [0, 0.1) is 0 Å². The van der Waals surface area contributed by atoms with Gasteiger partial charge in [-0.05, 0) is 31.9 Å². The van der Waals surface area contributed by atoms with Crippen LogP contribution in [0.2, 0.25) is 0 Å². The Morgan fingerprint density at radius 3 is 2.71 bits per heavy atom. The van der Waals surface area contributed by atoms with Crippen LogP contribution >= 0.6 is 0 Å². The zero-order valence-corrected chi connectivity index (χ0v) is 12.7. The monoisotopic (exact) mass is 285 g/mol. The summed E-state index contributed by atoms with van der Waals surface area (Å²) in [6.07, 6.45) is 6.03. The van der Waals surface area contributed by atoms with Gasteiger partial charge in [0, 0.05) is 12.5 Å². The largest absolute Gasteiger partial charge is 0.339 e. The van der Waals surface area contributed by atoms with Crippen LogP contribution in [0.1, 0.15) is 48.9 Å². The minimum Gasteiger partial charge on any atom is -0.339 e. The van der Waals surface area contributed by atoms with E-state index in [1.54, 1.807) is 0 Å². The summed E-state index contributed by atoms with van der Waals surface area (Å²) in [7, 11) is 2.11. The standard InChI is InChI=1S/C17H23N3O/c1-20(12-11-14-7-3-2-4-8-14)13-16-18-17(21-19-16)15-9-5-6-10-15/h2-4,7-8,15H,5-6,9-13H2,1H3. The van der Waals surface area contributed by atoms with Crippen molar-refractivity contribution in [2.45, 2.75) is 44.6 Å². The van der Waals surface area contributed by atoms with Crippen LogP contribution in [0.15, 0.2) is 34.9 Å². The van der Waals surface area contributed by atoms with Gasteiger partial charge in [0.25, 0.3) is 0 Å². The molecule has 4 nitrogen and oxygen atoms in total. The first-order valence-corrected chi connectivity index (χ1v) is 7.86. The fraction of sp³-hybridized carbons (Fsp3) is 0.529. The molecule has 2 aromatic rings. The number of nitrogens with zero attached hydrogens (tertiary/aromatic N) is 3. The van der Waals surface area contributed by atoms with Crippen LogP contribution in [-0.4, -0.2) is 28.6 Å². The normalized spacial score (nSPS) is 15.9. The Morgan fingerprint density at radius 1 is 1.19 bits per heavy atom. The van der Waals surface area contributed by atoms with E-state index in [0.29, 0.717) is 5.92 Å². The molecule has 1 fully saturated rings. The van der Waals surface area contributed by atoms with Crippen molar-refractivity contribution in [2.75, 3.05) is 13.6 Å². The summed E-state index contributed by atoms with van der Waals surface area (Å²) in [6.45, 7) is 1.75. The molecule has 3 rings (SSSR count). The van der Waals surface area contributed by atoms with Crippen LogP contribution in [0.5, 0.6) is 0 Å². The molecule has 4 heteroatoms. The van der Waals surface area contributed by atoms with Gasteiger partial charge in [-0.1, -0.05) is 48.3 Å². The summed E-state index contributed by atoms with van der Waals surface area (Å²) in [5.41, 5.74) is 1.36. The van der Waals surface area contributed by atoms with Crippen molar-refractivity contribution in [1.82, 2.24) is 15.0 Å². The van der Waals surface area contributed by atoms with E-state index >= 15 is 0 Å². The fourth-order valence-electron chi connectivity index (χ4n) is 2.96. The average Bonchev–Trinajstić information content (AvgIpc) is 3.17. The number of benzene rings is 1. The third kappa shape index (κ3) is 3.91. The SMILES string of the molecule is CN(CCc1ccccc1)Cc1noc(C2CCCC2)n1. The summed E-state index contributed by atoms with van der Waals surface area (Å²) in [5, 5.41) is 4.13. The number of rotatable bonds is 6. The zero-order chi connectivity index (χ0) is 14.5. The van der Waals surface area contributed by atoms with Crippen LogP contribution in [0.25, 0.3) is 0 Å². The van der Waals surface area contributed by atoms with Gasteiger partial charge in [0.1, 0.15) is 0 Å². The van der Waals surface area contributed by atoms with Crippen molar-refractivity contribution in [2.24, 2.45) is 0 Å². The Labute approximate surface area is 126 Å². The lowest BCUT2D eigenvalue weighted by Gasteiger charge is -2.14. The first-order chi connectivity index (χ1) is 10.3. The molecule has 0 unspecified atom stereocenters. The van der Waals surface area contributed by atoms with Gasteiger partial charge >= 0.3 is 0 Å². The van der Waals surface area contributed by atoms with E-state index in [1.165, 1.54) is 31.2 Å². The molecule has 0 amide bonds. The highest BCUT2D eigenvalue weighted by Crippen LogP contribution is 2.32. The maximum Gasteiger partial charge on any atom is 0.229 e. The summed E-state index contributed by atoms with van der Waals surface area (Å²) < 4.78 is 5.42. The summed E-state index contributed by atoms with van der Waals surface area (Å²) in [5.74, 6) is 2.16. The van der Waals surface area contributed by atoms with Crippen molar-refractivity contribution in [3.63, 3.8) is 0 Å². The molecule has 0 atom stereocenters. The van der Waals surface area contributed by atoms with Gasteiger partial charge in [0.15, 0.2) is 5.82 Å². The first kappa shape index (κ1) is 14.3. The maximum atomic E-state index is 5.42. The van der Waals surface area contributed by atoms with Gasteiger partial charge in [-0.25, -0.2) is 0 Å². The van der Waals surface area contributed by atoms with Crippen molar-refractivity contribution >= 4 is 0 Å². The molecular weight excluding hydrogens is 262 g/mol.